The smallest absolute Gasteiger partial charge is 0.349 e. The summed E-state index contributed by atoms with van der Waals surface area (Å²) in [7, 11) is -4.30. The fourth-order valence-electron chi connectivity index (χ4n) is 3.94. The molecule has 3 aromatic rings. The highest BCUT2D eigenvalue weighted by atomic mass is 32.2. The summed E-state index contributed by atoms with van der Waals surface area (Å²) in [5.41, 5.74) is -0.427. The van der Waals surface area contributed by atoms with Crippen molar-refractivity contribution in [3.8, 4) is 17.2 Å². The maximum atomic E-state index is 14.2. The third kappa shape index (κ3) is 5.63. The molecule has 8 nitrogen and oxygen atoms in total. The van der Waals surface area contributed by atoms with Gasteiger partial charge < -0.3 is 5.32 Å². The van der Waals surface area contributed by atoms with Crippen LogP contribution >= 0.6 is 0 Å². The molecule has 0 aliphatic carbocycles. The van der Waals surface area contributed by atoms with Crippen LogP contribution < -0.4 is 5.32 Å². The first-order valence-electron chi connectivity index (χ1n) is 11.0. The average molecular weight is 551 g/mol. The van der Waals surface area contributed by atoms with Crippen molar-refractivity contribution >= 4 is 15.9 Å². The van der Waals surface area contributed by atoms with Gasteiger partial charge in [0, 0.05) is 36.5 Å². The van der Waals surface area contributed by atoms with E-state index in [9.17, 15) is 40.4 Å². The van der Waals surface area contributed by atoms with E-state index in [0.717, 1.165) is 42.6 Å². The second-order valence-corrected chi connectivity index (χ2v) is 10.2. The maximum Gasteiger partial charge on any atom is 0.433 e. The third-order valence-corrected chi connectivity index (χ3v) is 7.71. The molecule has 1 aliphatic rings. The number of nitrogens with one attached hydrogen (secondary N) is 1. The molecule has 0 saturated carbocycles. The van der Waals surface area contributed by atoms with Crippen molar-refractivity contribution in [3.05, 3.63) is 77.6 Å². The Morgan fingerprint density at radius 1 is 1.13 bits per heavy atom. The van der Waals surface area contributed by atoms with E-state index in [1.807, 2.05) is 6.07 Å². The molecular weight excluding hydrogens is 533 g/mol. The molecular formula is C24H18F5N5O3S. The molecule has 14 heteroatoms. The van der Waals surface area contributed by atoms with Gasteiger partial charge in [0.25, 0.3) is 0 Å². The van der Waals surface area contributed by atoms with Crippen LogP contribution in [0.3, 0.4) is 0 Å². The number of hydrogen-bond acceptors (Lipinski definition) is 6. The van der Waals surface area contributed by atoms with Gasteiger partial charge in [0.15, 0.2) is 0 Å². The minimum atomic E-state index is -4.64. The molecule has 0 spiro atoms. The lowest BCUT2D eigenvalue weighted by atomic mass is 10.0. The summed E-state index contributed by atoms with van der Waals surface area (Å²) in [6.07, 6.45) is -4.50. The van der Waals surface area contributed by atoms with Crippen molar-refractivity contribution in [2.24, 2.45) is 0 Å². The van der Waals surface area contributed by atoms with Gasteiger partial charge in [-0.25, -0.2) is 17.2 Å². The van der Waals surface area contributed by atoms with Crippen molar-refractivity contribution in [2.75, 3.05) is 6.54 Å². The number of nitrogens with zero attached hydrogens (tertiary/aromatic N) is 4. The predicted molar refractivity (Wildman–Crippen MR) is 123 cm³/mol. The van der Waals surface area contributed by atoms with E-state index < -0.39 is 58.8 Å². The molecule has 1 fully saturated rings. The standard InChI is InChI=1S/C24H18F5N5O3S/c25-16-2-4-19(5-3-16)38(36,37)34-13-17(26)7-21(34)23(35)33-12-18-8-20(15(9-30)11-31-18)14-1-6-22(32-10-14)24(27,28)29/h1-6,8,10-11,17,21H,7,12-13H2,(H,33,35)/t17-,21?/m1/s1. The normalized spacial score (nSPS) is 18.2. The number of rotatable bonds is 6. The summed E-state index contributed by atoms with van der Waals surface area (Å²) < 4.78 is 92.6. The van der Waals surface area contributed by atoms with Crippen LogP contribution in [0.1, 0.15) is 23.4 Å². The number of halogens is 5. The fraction of sp³-hybridized carbons (Fsp3) is 0.250. The Labute approximate surface area is 213 Å². The number of pyridine rings is 2. The Kier molecular flexibility index (Phi) is 7.43. The highest BCUT2D eigenvalue weighted by Gasteiger charge is 2.44. The van der Waals surface area contributed by atoms with Crippen molar-refractivity contribution in [1.29, 1.82) is 5.26 Å². The lowest BCUT2D eigenvalue weighted by Gasteiger charge is -2.23. The van der Waals surface area contributed by atoms with Gasteiger partial charge in [-0.1, -0.05) is 6.07 Å². The van der Waals surface area contributed by atoms with Crippen LogP contribution in [0, 0.1) is 17.1 Å². The molecule has 0 radical (unpaired) electrons. The number of nitriles is 1. The third-order valence-electron chi connectivity index (χ3n) is 5.82. The predicted octanol–water partition coefficient (Wildman–Crippen LogP) is 3.59. The quantitative estimate of drug-likeness (QED) is 0.468. The van der Waals surface area contributed by atoms with Crippen molar-refractivity contribution in [1.82, 2.24) is 19.6 Å². The Morgan fingerprint density at radius 3 is 2.45 bits per heavy atom. The second-order valence-electron chi connectivity index (χ2n) is 8.36. The molecule has 1 unspecified atom stereocenters. The minimum Gasteiger partial charge on any atom is -0.349 e. The van der Waals surface area contributed by atoms with Gasteiger partial charge in [-0.2, -0.15) is 22.7 Å². The number of carbonyl (C=O) groups excluding carboxylic acids is 1. The van der Waals surface area contributed by atoms with Crippen LogP contribution in [0.5, 0.6) is 0 Å². The second kappa shape index (κ2) is 10.4. The van der Waals surface area contributed by atoms with Gasteiger partial charge in [0.2, 0.25) is 15.9 Å². The summed E-state index contributed by atoms with van der Waals surface area (Å²) in [6.45, 7) is -0.804. The van der Waals surface area contributed by atoms with Crippen LogP contribution in [0.2, 0.25) is 0 Å². The van der Waals surface area contributed by atoms with E-state index in [1.54, 1.807) is 0 Å². The minimum absolute atomic E-state index is 0.0502. The molecule has 1 saturated heterocycles. The molecule has 198 valence electrons. The van der Waals surface area contributed by atoms with Crippen LogP contribution in [0.4, 0.5) is 22.0 Å². The topological polar surface area (TPSA) is 116 Å². The van der Waals surface area contributed by atoms with Crippen LogP contribution in [-0.2, 0) is 27.5 Å². The lowest BCUT2D eigenvalue weighted by molar-refractivity contribution is -0.141. The molecule has 2 aromatic heterocycles. The van der Waals surface area contributed by atoms with E-state index in [-0.39, 0.29) is 33.8 Å². The van der Waals surface area contributed by atoms with Gasteiger partial charge in [-0.3, -0.25) is 14.8 Å². The first-order chi connectivity index (χ1) is 17.9. The number of aromatic nitrogens is 2. The highest BCUT2D eigenvalue weighted by Crippen LogP contribution is 2.31. The lowest BCUT2D eigenvalue weighted by Crippen LogP contribution is -2.45. The zero-order valence-corrected chi connectivity index (χ0v) is 20.1. The molecule has 4 rings (SSSR count). The monoisotopic (exact) mass is 551 g/mol. The maximum absolute atomic E-state index is 14.2. The summed E-state index contributed by atoms with van der Waals surface area (Å²) in [5, 5.41) is 11.9. The summed E-state index contributed by atoms with van der Waals surface area (Å²) >= 11 is 0. The Hall–Kier alpha value is -3.96. The largest absolute Gasteiger partial charge is 0.433 e. The number of carbonyl (C=O) groups is 1. The van der Waals surface area contributed by atoms with Crippen LogP contribution in [0.15, 0.2) is 59.8 Å². The number of sulfonamides is 1. The molecule has 1 aliphatic heterocycles. The van der Waals surface area contributed by atoms with E-state index in [2.05, 4.69) is 15.3 Å². The van der Waals surface area contributed by atoms with Gasteiger partial charge in [-0.15, -0.1) is 0 Å². The van der Waals surface area contributed by atoms with Crippen LogP contribution in [0.25, 0.3) is 11.1 Å². The number of amides is 1. The van der Waals surface area contributed by atoms with E-state index in [0.29, 0.717) is 4.31 Å². The zero-order valence-electron chi connectivity index (χ0n) is 19.3. The SMILES string of the molecule is N#Cc1cnc(CNC(=O)C2C[C@@H](F)CN2S(=O)(=O)c2ccc(F)cc2)cc1-c1ccc(C(F)(F)F)nc1. The van der Waals surface area contributed by atoms with Crippen molar-refractivity contribution in [3.63, 3.8) is 0 Å². The fourth-order valence-corrected chi connectivity index (χ4v) is 5.57. The molecule has 1 N–H and O–H groups in total. The zero-order chi connectivity index (χ0) is 27.7. The van der Waals surface area contributed by atoms with E-state index >= 15 is 0 Å². The molecule has 0 bridgehead atoms. The molecule has 38 heavy (non-hydrogen) atoms. The van der Waals surface area contributed by atoms with Gasteiger partial charge in [0.1, 0.15) is 29.8 Å². The summed E-state index contributed by atoms with van der Waals surface area (Å²) in [4.78, 5) is 20.0. The number of alkyl halides is 4. The van der Waals surface area contributed by atoms with Crippen LogP contribution in [-0.4, -0.2) is 47.4 Å². The summed E-state index contributed by atoms with van der Waals surface area (Å²) in [5.74, 6) is -1.47. The number of benzene rings is 1. The molecule has 1 amide bonds. The molecule has 2 atom stereocenters. The highest BCUT2D eigenvalue weighted by molar-refractivity contribution is 7.89. The van der Waals surface area contributed by atoms with Gasteiger partial charge in [-0.05, 0) is 36.4 Å². The van der Waals surface area contributed by atoms with Crippen molar-refractivity contribution in [2.45, 2.75) is 36.3 Å². The average Bonchev–Trinajstić information content (AvgIpc) is 3.29. The van der Waals surface area contributed by atoms with Gasteiger partial charge in [0.05, 0.1) is 22.7 Å². The number of hydrogen-bond donors (Lipinski definition) is 1. The first kappa shape index (κ1) is 27.1. The van der Waals surface area contributed by atoms with Crippen molar-refractivity contribution < 1.29 is 35.2 Å². The molecule has 1 aromatic carbocycles. The Balaban J connectivity index is 1.52. The van der Waals surface area contributed by atoms with E-state index in [1.165, 1.54) is 12.3 Å². The van der Waals surface area contributed by atoms with E-state index in [4.69, 9.17) is 0 Å². The summed E-state index contributed by atoms with van der Waals surface area (Å²) in [6, 6.07) is 7.70. The Bertz CT molecular complexity index is 1490. The first-order valence-corrected chi connectivity index (χ1v) is 12.5. The molecule has 3 heterocycles. The Morgan fingerprint density at radius 2 is 1.84 bits per heavy atom. The van der Waals surface area contributed by atoms with Gasteiger partial charge >= 0.3 is 6.18 Å².